The smallest absolute Gasteiger partial charge is 0.326 e. The van der Waals surface area contributed by atoms with Crippen molar-refractivity contribution in [2.24, 2.45) is 23.7 Å². The van der Waals surface area contributed by atoms with Crippen LogP contribution in [0.2, 0.25) is 5.15 Å². The van der Waals surface area contributed by atoms with Crippen molar-refractivity contribution in [3.8, 4) is 0 Å². The molecule has 3 N–H and O–H groups in total. The van der Waals surface area contributed by atoms with Crippen LogP contribution in [-0.4, -0.2) is 112 Å². The number of carboxylic acids is 2. The first-order valence-electron chi connectivity index (χ1n) is 28.7. The fourth-order valence-corrected chi connectivity index (χ4v) is 17.0. The summed E-state index contributed by atoms with van der Waals surface area (Å²) in [5.41, 5.74) is 3.23. The van der Waals surface area contributed by atoms with E-state index in [0.717, 1.165) is 96.5 Å². The number of aliphatic carboxylic acids is 2. The maximum Gasteiger partial charge on any atom is 0.326 e. The molecule has 8 bridgehead atoms. The molecular formula is C60H85ClN8O6. The Bertz CT molecular complexity index is 2750. The average molecular weight is 1050 g/mol. The van der Waals surface area contributed by atoms with Crippen molar-refractivity contribution in [2.45, 2.75) is 229 Å². The van der Waals surface area contributed by atoms with Crippen LogP contribution in [0.15, 0.2) is 58.1 Å². The van der Waals surface area contributed by atoms with Crippen LogP contribution in [0.25, 0.3) is 22.1 Å². The number of hydrogen-bond donors (Lipinski definition) is 3. The lowest BCUT2D eigenvalue weighted by Crippen LogP contribution is -2.59. The number of carboxylic acid groups (broad SMARTS) is 2. The van der Waals surface area contributed by atoms with E-state index in [4.69, 9.17) is 21.7 Å². The highest BCUT2D eigenvalue weighted by atomic mass is 35.5. The van der Waals surface area contributed by atoms with Gasteiger partial charge in [0.2, 0.25) is 0 Å². The number of para-hydroxylation sites is 4. The number of anilines is 1. The minimum Gasteiger partial charge on any atom is -0.480 e. The summed E-state index contributed by atoms with van der Waals surface area (Å²) in [4.78, 5) is 65.3. The molecule has 0 amide bonds. The summed E-state index contributed by atoms with van der Waals surface area (Å²) < 4.78 is 4.00. The zero-order chi connectivity index (χ0) is 49.9. The van der Waals surface area contributed by atoms with Gasteiger partial charge in [0.05, 0.1) is 22.1 Å². The SMILES string of the molecule is C.C.O=C(O)[C@@H]1CCN1.O=C(O)[C@@H]1CCN1c1nc2ccccc2n(C2C[C@H]3CCC[C@@H](C2)N3C2C[C@H]3CCC[C@@H](C2)C3)c1=O.O=c1c(Cl)nc2ccccc2n1C1C[C@H]2CCC[C@@H](C1)N2C1C[C@H]2CCC[C@@H](C1)C2. The molecular weight excluding hydrogens is 964 g/mol. The fourth-order valence-electron chi connectivity index (χ4n) is 16.8. The van der Waals surface area contributed by atoms with Gasteiger partial charge >= 0.3 is 11.9 Å². The van der Waals surface area contributed by atoms with E-state index in [-0.39, 0.29) is 49.3 Å². The molecule has 14 atom stereocenters. The molecule has 10 aliphatic rings. The zero-order valence-corrected chi connectivity index (χ0v) is 43.4. The van der Waals surface area contributed by atoms with Gasteiger partial charge in [0, 0.05) is 54.9 Å². The second-order valence-corrected chi connectivity index (χ2v) is 24.7. The Morgan fingerprint density at radius 3 is 1.32 bits per heavy atom. The molecule has 14 nitrogen and oxygen atoms in total. The molecule has 4 unspecified atom stereocenters. The quantitative estimate of drug-likeness (QED) is 0.161. The van der Waals surface area contributed by atoms with Gasteiger partial charge in [-0.05, 0) is 157 Å². The maximum absolute atomic E-state index is 14.0. The van der Waals surface area contributed by atoms with Gasteiger partial charge in [0.25, 0.3) is 11.1 Å². The molecule has 6 saturated heterocycles. The number of nitrogens with one attached hydrogen (secondary N) is 1. The van der Waals surface area contributed by atoms with Crippen molar-refractivity contribution in [2.75, 3.05) is 18.0 Å². The van der Waals surface area contributed by atoms with E-state index >= 15 is 0 Å². The second-order valence-electron chi connectivity index (χ2n) is 24.3. The summed E-state index contributed by atoms with van der Waals surface area (Å²) in [6.07, 6.45) is 30.4. The number of halogens is 1. The van der Waals surface area contributed by atoms with Crippen molar-refractivity contribution < 1.29 is 19.8 Å². The summed E-state index contributed by atoms with van der Waals surface area (Å²) in [5, 5.41) is 20.7. The zero-order valence-electron chi connectivity index (χ0n) is 42.6. The molecule has 15 heteroatoms. The molecule has 4 aliphatic carbocycles. The largest absolute Gasteiger partial charge is 0.480 e. The van der Waals surface area contributed by atoms with Crippen molar-refractivity contribution >= 4 is 51.4 Å². The van der Waals surface area contributed by atoms with Crippen molar-refractivity contribution in [3.05, 3.63) is 74.4 Å². The Labute approximate surface area is 449 Å². The highest BCUT2D eigenvalue weighted by Gasteiger charge is 2.48. The fraction of sp³-hybridized carbons (Fsp3) is 0.700. The normalized spacial score (nSPS) is 34.9. The summed E-state index contributed by atoms with van der Waals surface area (Å²) in [6.45, 7) is 1.43. The topological polar surface area (TPSA) is 166 Å². The minimum atomic E-state index is -0.873. The predicted octanol–water partition coefficient (Wildman–Crippen LogP) is 10.9. The Kier molecular flexibility index (Phi) is 16.5. The molecule has 0 radical (unpaired) electrons. The highest BCUT2D eigenvalue weighted by Crippen LogP contribution is 2.50. The van der Waals surface area contributed by atoms with Crippen LogP contribution in [0.4, 0.5) is 5.82 Å². The molecule has 408 valence electrons. The van der Waals surface area contributed by atoms with E-state index < -0.39 is 18.0 Å². The number of rotatable bonds is 7. The van der Waals surface area contributed by atoms with Gasteiger partial charge in [-0.2, -0.15) is 0 Å². The molecule has 8 heterocycles. The predicted molar refractivity (Wildman–Crippen MR) is 298 cm³/mol. The number of piperidine rings is 4. The molecule has 10 fully saturated rings. The molecule has 0 spiro atoms. The van der Waals surface area contributed by atoms with Crippen LogP contribution in [-0.2, 0) is 9.59 Å². The van der Waals surface area contributed by atoms with E-state index in [0.29, 0.717) is 43.0 Å². The van der Waals surface area contributed by atoms with Gasteiger partial charge in [0.15, 0.2) is 11.0 Å². The Morgan fingerprint density at radius 1 is 0.507 bits per heavy atom. The first-order valence-corrected chi connectivity index (χ1v) is 29.1. The van der Waals surface area contributed by atoms with Crippen molar-refractivity contribution in [3.63, 3.8) is 0 Å². The number of carbonyl (C=O) groups is 2. The summed E-state index contributed by atoms with van der Waals surface area (Å²) >= 11 is 6.28. The summed E-state index contributed by atoms with van der Waals surface area (Å²) in [5.74, 6) is 2.49. The maximum atomic E-state index is 14.0. The Hall–Kier alpha value is -4.37. The van der Waals surface area contributed by atoms with Crippen LogP contribution >= 0.6 is 11.6 Å². The number of fused-ring (bicyclic) bond motifs is 10. The van der Waals surface area contributed by atoms with Gasteiger partial charge in [-0.15, -0.1) is 0 Å². The van der Waals surface area contributed by atoms with Crippen LogP contribution < -0.4 is 21.3 Å². The molecule has 2 aromatic heterocycles. The van der Waals surface area contributed by atoms with Gasteiger partial charge in [-0.3, -0.25) is 24.2 Å². The summed E-state index contributed by atoms with van der Waals surface area (Å²) in [6, 6.07) is 19.2. The van der Waals surface area contributed by atoms with E-state index in [9.17, 15) is 24.3 Å². The monoisotopic (exact) mass is 1050 g/mol. The van der Waals surface area contributed by atoms with Crippen LogP contribution in [0.3, 0.4) is 0 Å². The lowest BCUT2D eigenvalue weighted by Gasteiger charge is -2.55. The third-order valence-corrected chi connectivity index (χ3v) is 20.3. The molecule has 4 saturated carbocycles. The van der Waals surface area contributed by atoms with Crippen LogP contribution in [0, 0.1) is 23.7 Å². The van der Waals surface area contributed by atoms with Crippen molar-refractivity contribution in [1.82, 2.24) is 34.2 Å². The average Bonchev–Trinajstić information content (AvgIpc) is 3.33. The van der Waals surface area contributed by atoms with Gasteiger partial charge in [-0.1, -0.05) is 102 Å². The first kappa shape index (κ1) is 54.0. The molecule has 14 rings (SSSR count). The van der Waals surface area contributed by atoms with Gasteiger partial charge < -0.3 is 29.6 Å². The lowest BCUT2D eigenvalue weighted by molar-refractivity contribution is -0.141. The second kappa shape index (κ2) is 22.9. The summed E-state index contributed by atoms with van der Waals surface area (Å²) in [7, 11) is 0. The van der Waals surface area contributed by atoms with E-state index in [1.165, 1.54) is 116 Å². The number of hydrogen-bond acceptors (Lipinski definition) is 10. The number of benzene rings is 2. The van der Waals surface area contributed by atoms with Gasteiger partial charge in [0.1, 0.15) is 12.1 Å². The highest BCUT2D eigenvalue weighted by molar-refractivity contribution is 6.29. The standard InChI is InChI=1S/C29H38N4O3.C25H32ClN3O.C4H7NO2.2CH4/c34-28-27(31-12-11-26(31)29(35)36)30-24-9-1-2-10-25(24)33(28)23-16-20-7-4-8-21(17-23)32(20)22-14-18-5-3-6-19(13-18)15-22;26-24-25(30)29(23-10-2-1-9-22(23)27-24)21-14-18-7-4-8-19(15-21)28(18)20-12-16-5-3-6-17(11-16)13-20;6-4(7)3-1-2-5-3;;/h1-2,9-10,18-23,26H,3-8,11-17H2,(H,35,36);1-2,9-10,16-21H,3-8,11-15H2;3,5H,1-2H2,(H,6,7);2*1H4/t18-,19+,20-,21+,22?,23?,26-;16-,17+,18-,19+,20?,21?;3-;;/m0.0../s1. The molecule has 4 aromatic rings. The van der Waals surface area contributed by atoms with Crippen molar-refractivity contribution in [1.29, 1.82) is 0 Å². The minimum absolute atomic E-state index is 0. The van der Waals surface area contributed by atoms with Gasteiger partial charge in [-0.25, -0.2) is 14.8 Å². The lowest BCUT2D eigenvalue weighted by atomic mass is 9.68. The van der Waals surface area contributed by atoms with E-state index in [2.05, 4.69) is 20.1 Å². The Morgan fingerprint density at radius 2 is 0.933 bits per heavy atom. The van der Waals surface area contributed by atoms with Crippen LogP contribution in [0.5, 0.6) is 0 Å². The first-order chi connectivity index (χ1) is 35.5. The molecule has 75 heavy (non-hydrogen) atoms. The van der Waals surface area contributed by atoms with E-state index in [1.807, 2.05) is 57.7 Å². The van der Waals surface area contributed by atoms with E-state index in [1.54, 1.807) is 4.90 Å². The third-order valence-electron chi connectivity index (χ3n) is 20.0. The van der Waals surface area contributed by atoms with Crippen LogP contribution in [0.1, 0.15) is 181 Å². The Balaban J connectivity index is 0.000000149. The number of nitrogens with zero attached hydrogens (tertiary/aromatic N) is 7. The molecule has 2 aromatic carbocycles. The number of aromatic nitrogens is 4. The molecule has 6 aliphatic heterocycles. The third kappa shape index (κ3) is 10.7.